The molecule has 1 aromatic heterocycles. The molecule has 0 saturated heterocycles. The zero-order valence-corrected chi connectivity index (χ0v) is 12.9. The number of benzene rings is 1. The molecule has 1 aliphatic rings. The molecule has 1 aromatic carbocycles. The first-order valence-corrected chi connectivity index (χ1v) is 7.84. The van der Waals surface area contributed by atoms with Crippen LogP contribution in [0.1, 0.15) is 50.3 Å². The van der Waals surface area contributed by atoms with Gasteiger partial charge in [0.05, 0.1) is 6.20 Å². The molecule has 1 atom stereocenters. The van der Waals surface area contributed by atoms with E-state index in [1.807, 2.05) is 10.9 Å². The summed E-state index contributed by atoms with van der Waals surface area (Å²) in [7, 11) is 0. The van der Waals surface area contributed by atoms with Crippen LogP contribution in [0.3, 0.4) is 0 Å². The minimum Gasteiger partial charge on any atom is -0.310 e. The molecule has 21 heavy (non-hydrogen) atoms. The van der Waals surface area contributed by atoms with Crippen LogP contribution in [-0.2, 0) is 12.0 Å². The Morgan fingerprint density at radius 3 is 3.00 bits per heavy atom. The molecule has 1 N–H and O–H groups in total. The smallest absolute Gasteiger partial charge is 0.0692 e. The van der Waals surface area contributed by atoms with E-state index in [0.29, 0.717) is 11.5 Å². The number of hydrogen-bond donors (Lipinski definition) is 1. The lowest BCUT2D eigenvalue weighted by molar-refractivity contribution is 0.354. The van der Waals surface area contributed by atoms with Crippen molar-refractivity contribution in [3.63, 3.8) is 0 Å². The number of rotatable bonds is 5. The second-order valence-electron chi connectivity index (χ2n) is 6.54. The third-order valence-corrected chi connectivity index (χ3v) is 4.55. The molecule has 0 saturated carbocycles. The number of nitrogens with zero attached hydrogens (tertiary/aromatic N) is 3. The van der Waals surface area contributed by atoms with E-state index >= 15 is 0 Å². The van der Waals surface area contributed by atoms with Gasteiger partial charge in [-0.25, -0.2) is 0 Å². The molecule has 1 unspecified atom stereocenters. The quantitative estimate of drug-likeness (QED) is 0.858. The molecule has 1 heterocycles. The molecule has 1 aliphatic carbocycles. The molecule has 0 amide bonds. The Bertz CT molecular complexity index is 574. The van der Waals surface area contributed by atoms with Gasteiger partial charge < -0.3 is 5.32 Å². The van der Waals surface area contributed by atoms with E-state index in [9.17, 15) is 0 Å². The fraction of sp³-hybridized carbons (Fsp3) is 0.529. The highest BCUT2D eigenvalue weighted by Crippen LogP contribution is 2.41. The normalized spacial score (nSPS) is 20.2. The highest BCUT2D eigenvalue weighted by molar-refractivity contribution is 5.38. The predicted molar refractivity (Wildman–Crippen MR) is 84.1 cm³/mol. The van der Waals surface area contributed by atoms with Crippen molar-refractivity contribution in [1.29, 1.82) is 0 Å². The van der Waals surface area contributed by atoms with Gasteiger partial charge in [-0.2, -0.15) is 0 Å². The maximum absolute atomic E-state index is 3.99. The summed E-state index contributed by atoms with van der Waals surface area (Å²) in [4.78, 5) is 0. The van der Waals surface area contributed by atoms with Crippen LogP contribution in [0.2, 0.25) is 0 Å². The third-order valence-electron chi connectivity index (χ3n) is 4.55. The lowest BCUT2D eigenvalue weighted by Crippen LogP contribution is -2.33. The van der Waals surface area contributed by atoms with E-state index in [1.54, 1.807) is 6.20 Å². The Morgan fingerprint density at radius 2 is 2.19 bits per heavy atom. The monoisotopic (exact) mass is 284 g/mol. The summed E-state index contributed by atoms with van der Waals surface area (Å²) >= 11 is 0. The van der Waals surface area contributed by atoms with Crippen LogP contribution in [0.4, 0.5) is 0 Å². The van der Waals surface area contributed by atoms with E-state index in [2.05, 4.69) is 53.7 Å². The fourth-order valence-electron chi connectivity index (χ4n) is 3.29. The van der Waals surface area contributed by atoms with E-state index < -0.39 is 0 Å². The van der Waals surface area contributed by atoms with Crippen molar-refractivity contribution in [2.45, 2.75) is 51.1 Å². The standard InChI is InChI=1S/C17H24N4/c1-17(2)9-8-16(14-6-3-4-7-15(14)17)18-10-5-12-21-13-11-19-20-21/h3-4,6-7,11,13,16,18H,5,8-10,12H2,1-2H3. The van der Waals surface area contributed by atoms with Gasteiger partial charge in [0.2, 0.25) is 0 Å². The van der Waals surface area contributed by atoms with Crippen molar-refractivity contribution in [3.8, 4) is 0 Å². The molecule has 0 spiro atoms. The first-order valence-electron chi connectivity index (χ1n) is 7.84. The van der Waals surface area contributed by atoms with Crippen LogP contribution in [0, 0.1) is 0 Å². The van der Waals surface area contributed by atoms with Crippen molar-refractivity contribution < 1.29 is 0 Å². The van der Waals surface area contributed by atoms with Gasteiger partial charge in [-0.1, -0.05) is 43.3 Å². The maximum atomic E-state index is 3.99. The number of fused-ring (bicyclic) bond motifs is 1. The Kier molecular flexibility index (Phi) is 4.06. The average molecular weight is 284 g/mol. The Labute approximate surface area is 126 Å². The molecule has 112 valence electrons. The topological polar surface area (TPSA) is 42.7 Å². The summed E-state index contributed by atoms with van der Waals surface area (Å²) in [5.41, 5.74) is 3.29. The Balaban J connectivity index is 1.59. The van der Waals surface area contributed by atoms with Gasteiger partial charge in [-0.3, -0.25) is 4.68 Å². The molecule has 0 bridgehead atoms. The van der Waals surface area contributed by atoms with Crippen molar-refractivity contribution in [3.05, 3.63) is 47.8 Å². The molecular formula is C17H24N4. The van der Waals surface area contributed by atoms with Gasteiger partial charge >= 0.3 is 0 Å². The molecule has 0 aliphatic heterocycles. The first-order chi connectivity index (χ1) is 10.2. The third kappa shape index (κ3) is 3.16. The molecular weight excluding hydrogens is 260 g/mol. The van der Waals surface area contributed by atoms with E-state index in [1.165, 1.54) is 24.0 Å². The molecule has 0 fully saturated rings. The molecule has 2 aromatic rings. The van der Waals surface area contributed by atoms with Gasteiger partial charge in [0.1, 0.15) is 0 Å². The summed E-state index contributed by atoms with van der Waals surface area (Å²) < 4.78 is 1.89. The minimum absolute atomic E-state index is 0.301. The van der Waals surface area contributed by atoms with E-state index in [-0.39, 0.29) is 0 Å². The Morgan fingerprint density at radius 1 is 1.33 bits per heavy atom. The molecule has 0 radical (unpaired) electrons. The summed E-state index contributed by atoms with van der Waals surface area (Å²) in [5, 5.41) is 11.5. The highest BCUT2D eigenvalue weighted by Gasteiger charge is 2.31. The lowest BCUT2D eigenvalue weighted by Gasteiger charge is -2.37. The number of nitrogens with one attached hydrogen (secondary N) is 1. The minimum atomic E-state index is 0.301. The van der Waals surface area contributed by atoms with Crippen LogP contribution < -0.4 is 5.32 Å². The second-order valence-corrected chi connectivity index (χ2v) is 6.54. The summed E-state index contributed by atoms with van der Waals surface area (Å²) in [6.07, 6.45) is 7.18. The average Bonchev–Trinajstić information content (AvgIpc) is 2.99. The van der Waals surface area contributed by atoms with Crippen LogP contribution in [0.15, 0.2) is 36.7 Å². The predicted octanol–water partition coefficient (Wildman–Crippen LogP) is 3.07. The maximum Gasteiger partial charge on any atom is 0.0692 e. The van der Waals surface area contributed by atoms with Gasteiger partial charge in [0.25, 0.3) is 0 Å². The Hall–Kier alpha value is -1.68. The number of hydrogen-bond acceptors (Lipinski definition) is 3. The zero-order valence-electron chi connectivity index (χ0n) is 12.9. The number of aryl methyl sites for hydroxylation is 1. The van der Waals surface area contributed by atoms with Crippen LogP contribution in [0.25, 0.3) is 0 Å². The SMILES string of the molecule is CC1(C)CCC(NCCCn2ccnn2)c2ccccc21. The van der Waals surface area contributed by atoms with E-state index in [4.69, 9.17) is 0 Å². The molecule has 4 nitrogen and oxygen atoms in total. The van der Waals surface area contributed by atoms with Crippen molar-refractivity contribution in [2.24, 2.45) is 0 Å². The van der Waals surface area contributed by atoms with Crippen molar-refractivity contribution >= 4 is 0 Å². The largest absolute Gasteiger partial charge is 0.310 e. The van der Waals surface area contributed by atoms with Crippen LogP contribution in [0.5, 0.6) is 0 Å². The second kappa shape index (κ2) is 5.98. The van der Waals surface area contributed by atoms with E-state index in [0.717, 1.165) is 19.5 Å². The summed E-state index contributed by atoms with van der Waals surface area (Å²) in [6, 6.07) is 9.38. The zero-order chi connectivity index (χ0) is 14.7. The highest BCUT2D eigenvalue weighted by atomic mass is 15.4. The number of aromatic nitrogens is 3. The van der Waals surface area contributed by atoms with Gasteiger partial charge in [-0.15, -0.1) is 5.10 Å². The van der Waals surface area contributed by atoms with Crippen LogP contribution in [-0.4, -0.2) is 21.5 Å². The van der Waals surface area contributed by atoms with Crippen molar-refractivity contribution in [1.82, 2.24) is 20.3 Å². The first kappa shape index (κ1) is 14.3. The van der Waals surface area contributed by atoms with Gasteiger partial charge in [0, 0.05) is 18.8 Å². The van der Waals surface area contributed by atoms with Crippen molar-refractivity contribution in [2.75, 3.05) is 6.54 Å². The lowest BCUT2D eigenvalue weighted by atomic mass is 9.71. The summed E-state index contributed by atoms with van der Waals surface area (Å²) in [6.45, 7) is 6.64. The molecule has 3 rings (SSSR count). The van der Waals surface area contributed by atoms with Gasteiger partial charge in [-0.05, 0) is 42.3 Å². The molecule has 4 heteroatoms. The fourth-order valence-corrected chi connectivity index (χ4v) is 3.29. The summed E-state index contributed by atoms with van der Waals surface area (Å²) in [5.74, 6) is 0. The van der Waals surface area contributed by atoms with Gasteiger partial charge in [0.15, 0.2) is 0 Å². The van der Waals surface area contributed by atoms with Crippen LogP contribution >= 0.6 is 0 Å².